The van der Waals surface area contributed by atoms with Crippen LogP contribution in [0.1, 0.15) is 36.8 Å². The number of hydrogen-bond acceptors (Lipinski definition) is 2. The highest BCUT2D eigenvalue weighted by Gasteiger charge is 2.23. The summed E-state index contributed by atoms with van der Waals surface area (Å²) >= 11 is 0. The lowest BCUT2D eigenvalue weighted by Crippen LogP contribution is -2.40. The molecular formula is C18H26FNO2. The number of rotatable bonds is 6. The lowest BCUT2D eigenvalue weighted by molar-refractivity contribution is -0.132. The molecule has 1 fully saturated rings. The van der Waals surface area contributed by atoms with Gasteiger partial charge in [0.1, 0.15) is 5.82 Å². The van der Waals surface area contributed by atoms with E-state index in [0.717, 1.165) is 50.1 Å². The second-order valence-corrected chi connectivity index (χ2v) is 6.23. The third-order valence-corrected chi connectivity index (χ3v) is 4.48. The van der Waals surface area contributed by atoms with Gasteiger partial charge in [0.05, 0.1) is 6.42 Å². The topological polar surface area (TPSA) is 29.5 Å². The first-order valence-electron chi connectivity index (χ1n) is 8.12. The lowest BCUT2D eigenvalue weighted by atomic mass is 9.93. The highest BCUT2D eigenvalue weighted by molar-refractivity contribution is 5.79. The van der Waals surface area contributed by atoms with Crippen molar-refractivity contribution in [1.82, 2.24) is 4.90 Å². The van der Waals surface area contributed by atoms with Crippen LogP contribution in [0.15, 0.2) is 18.2 Å². The van der Waals surface area contributed by atoms with E-state index in [4.69, 9.17) is 4.74 Å². The first-order valence-corrected chi connectivity index (χ1v) is 8.12. The van der Waals surface area contributed by atoms with E-state index >= 15 is 0 Å². The molecule has 0 aromatic heterocycles. The van der Waals surface area contributed by atoms with Gasteiger partial charge in [-0.25, -0.2) is 4.39 Å². The minimum Gasteiger partial charge on any atom is -0.385 e. The maximum Gasteiger partial charge on any atom is 0.227 e. The molecule has 0 radical (unpaired) electrons. The van der Waals surface area contributed by atoms with Crippen molar-refractivity contribution in [3.63, 3.8) is 0 Å². The summed E-state index contributed by atoms with van der Waals surface area (Å²) in [5.74, 6) is 0.498. The Labute approximate surface area is 132 Å². The number of piperidine rings is 1. The molecule has 3 nitrogen and oxygen atoms in total. The van der Waals surface area contributed by atoms with Crippen LogP contribution in [0.3, 0.4) is 0 Å². The van der Waals surface area contributed by atoms with Crippen molar-refractivity contribution in [1.29, 1.82) is 0 Å². The van der Waals surface area contributed by atoms with Crippen LogP contribution in [0, 0.1) is 18.7 Å². The van der Waals surface area contributed by atoms with Gasteiger partial charge in [0.2, 0.25) is 5.91 Å². The Bertz CT molecular complexity index is 504. The van der Waals surface area contributed by atoms with Gasteiger partial charge in [0, 0.05) is 26.8 Å². The maximum atomic E-state index is 13.1. The van der Waals surface area contributed by atoms with E-state index in [1.54, 1.807) is 13.2 Å². The fraction of sp³-hybridized carbons (Fsp3) is 0.611. The van der Waals surface area contributed by atoms with E-state index in [2.05, 4.69) is 0 Å². The van der Waals surface area contributed by atoms with Crippen molar-refractivity contribution in [2.45, 2.75) is 39.0 Å². The third kappa shape index (κ3) is 4.80. The van der Waals surface area contributed by atoms with Gasteiger partial charge in [0.15, 0.2) is 0 Å². The van der Waals surface area contributed by atoms with Gasteiger partial charge in [-0.3, -0.25) is 4.79 Å². The van der Waals surface area contributed by atoms with Gasteiger partial charge in [-0.2, -0.15) is 0 Å². The Morgan fingerprint density at radius 1 is 1.45 bits per heavy atom. The first kappa shape index (κ1) is 16.9. The molecular weight excluding hydrogens is 281 g/mol. The van der Waals surface area contributed by atoms with Gasteiger partial charge in [0.25, 0.3) is 0 Å². The van der Waals surface area contributed by atoms with Crippen LogP contribution >= 0.6 is 0 Å². The number of amides is 1. The van der Waals surface area contributed by atoms with Crippen molar-refractivity contribution < 1.29 is 13.9 Å². The largest absolute Gasteiger partial charge is 0.385 e. The summed E-state index contributed by atoms with van der Waals surface area (Å²) in [6, 6.07) is 4.65. The summed E-state index contributed by atoms with van der Waals surface area (Å²) in [7, 11) is 1.72. The van der Waals surface area contributed by atoms with E-state index in [9.17, 15) is 9.18 Å². The molecule has 0 N–H and O–H groups in total. The molecule has 1 amide bonds. The van der Waals surface area contributed by atoms with Crippen LogP contribution < -0.4 is 0 Å². The normalized spacial score (nSPS) is 18.5. The molecule has 4 heteroatoms. The van der Waals surface area contributed by atoms with Crippen LogP contribution in [-0.2, 0) is 16.0 Å². The number of ether oxygens (including phenoxy) is 1. The van der Waals surface area contributed by atoms with E-state index < -0.39 is 0 Å². The molecule has 0 unspecified atom stereocenters. The molecule has 1 aromatic carbocycles. The van der Waals surface area contributed by atoms with Gasteiger partial charge >= 0.3 is 0 Å². The predicted molar refractivity (Wildman–Crippen MR) is 85.3 cm³/mol. The van der Waals surface area contributed by atoms with E-state index in [1.807, 2.05) is 11.8 Å². The fourth-order valence-electron chi connectivity index (χ4n) is 3.18. The average molecular weight is 307 g/mol. The van der Waals surface area contributed by atoms with E-state index in [1.165, 1.54) is 18.6 Å². The molecule has 1 aliphatic heterocycles. The highest BCUT2D eigenvalue weighted by Crippen LogP contribution is 2.22. The maximum absolute atomic E-state index is 13.1. The Hall–Kier alpha value is -1.42. The Morgan fingerprint density at radius 2 is 2.27 bits per heavy atom. The van der Waals surface area contributed by atoms with Crippen molar-refractivity contribution in [3.05, 3.63) is 35.1 Å². The summed E-state index contributed by atoms with van der Waals surface area (Å²) in [6.07, 6.45) is 4.82. The first-order chi connectivity index (χ1) is 10.6. The molecule has 1 aliphatic rings. The monoisotopic (exact) mass is 307 g/mol. The summed E-state index contributed by atoms with van der Waals surface area (Å²) in [4.78, 5) is 14.5. The number of halogens is 1. The van der Waals surface area contributed by atoms with Crippen LogP contribution in [-0.4, -0.2) is 37.6 Å². The van der Waals surface area contributed by atoms with Crippen LogP contribution in [0.5, 0.6) is 0 Å². The van der Waals surface area contributed by atoms with Crippen molar-refractivity contribution in [3.8, 4) is 0 Å². The van der Waals surface area contributed by atoms with Crippen LogP contribution in [0.2, 0.25) is 0 Å². The van der Waals surface area contributed by atoms with Gasteiger partial charge < -0.3 is 9.64 Å². The van der Waals surface area contributed by atoms with E-state index in [0.29, 0.717) is 12.3 Å². The van der Waals surface area contributed by atoms with Crippen LogP contribution in [0.25, 0.3) is 0 Å². The second-order valence-electron chi connectivity index (χ2n) is 6.23. The molecule has 1 saturated heterocycles. The summed E-state index contributed by atoms with van der Waals surface area (Å²) in [6.45, 7) is 4.34. The highest BCUT2D eigenvalue weighted by atomic mass is 19.1. The quantitative estimate of drug-likeness (QED) is 0.754. The Kier molecular flexibility index (Phi) is 6.37. The zero-order chi connectivity index (χ0) is 15.9. The molecule has 1 aromatic rings. The second kappa shape index (κ2) is 8.28. The molecule has 122 valence electrons. The molecule has 1 heterocycles. The number of nitrogens with zero attached hydrogens (tertiary/aromatic N) is 1. The minimum atomic E-state index is -0.245. The third-order valence-electron chi connectivity index (χ3n) is 4.48. The smallest absolute Gasteiger partial charge is 0.227 e. The summed E-state index contributed by atoms with van der Waals surface area (Å²) in [5, 5.41) is 0. The molecule has 1 atom stereocenters. The van der Waals surface area contributed by atoms with Gasteiger partial charge in [-0.05, 0) is 61.8 Å². The predicted octanol–water partition coefficient (Wildman–Crippen LogP) is 3.34. The Balaban J connectivity index is 1.88. The standard InChI is InChI=1S/C18H26FNO2/c1-14-11-17(19)8-7-16(14)12-18(21)20-9-3-5-15(13-20)6-4-10-22-2/h7-8,11,15H,3-6,9-10,12-13H2,1-2H3/t15-/m0/s1. The SMILES string of the molecule is COCCC[C@@H]1CCCN(C(=O)Cc2ccc(F)cc2C)C1. The number of methoxy groups -OCH3 is 1. The number of hydrogen-bond donors (Lipinski definition) is 0. The molecule has 2 rings (SSSR count). The molecule has 0 spiro atoms. The van der Waals surface area contributed by atoms with Crippen molar-refractivity contribution >= 4 is 5.91 Å². The lowest BCUT2D eigenvalue weighted by Gasteiger charge is -2.33. The Morgan fingerprint density at radius 3 is 3.00 bits per heavy atom. The number of likely N-dealkylation sites (tertiary alicyclic amines) is 1. The fourth-order valence-corrected chi connectivity index (χ4v) is 3.18. The summed E-state index contributed by atoms with van der Waals surface area (Å²) in [5.41, 5.74) is 1.77. The average Bonchev–Trinajstić information content (AvgIpc) is 2.50. The molecule has 22 heavy (non-hydrogen) atoms. The summed E-state index contributed by atoms with van der Waals surface area (Å²) < 4.78 is 18.2. The van der Waals surface area contributed by atoms with Crippen LogP contribution in [0.4, 0.5) is 4.39 Å². The van der Waals surface area contributed by atoms with E-state index in [-0.39, 0.29) is 11.7 Å². The number of carbonyl (C=O) groups excluding carboxylic acids is 1. The van der Waals surface area contributed by atoms with Gasteiger partial charge in [-0.1, -0.05) is 6.07 Å². The van der Waals surface area contributed by atoms with Gasteiger partial charge in [-0.15, -0.1) is 0 Å². The van der Waals surface area contributed by atoms with Crippen molar-refractivity contribution in [2.75, 3.05) is 26.8 Å². The number of benzene rings is 1. The number of carbonyl (C=O) groups is 1. The molecule has 0 bridgehead atoms. The zero-order valence-electron chi connectivity index (χ0n) is 13.6. The molecule has 0 aliphatic carbocycles. The minimum absolute atomic E-state index is 0.158. The molecule has 0 saturated carbocycles. The van der Waals surface area contributed by atoms with Crippen molar-refractivity contribution in [2.24, 2.45) is 5.92 Å². The number of aryl methyl sites for hydroxylation is 1. The zero-order valence-corrected chi connectivity index (χ0v) is 13.6.